The maximum absolute atomic E-state index is 4.95. The lowest BCUT2D eigenvalue weighted by Crippen LogP contribution is -2.11. The molecule has 1 aromatic carbocycles. The second-order valence-electron chi connectivity index (χ2n) is 9.25. The van der Waals surface area contributed by atoms with Crippen LogP contribution in [0.1, 0.15) is 69.2 Å². The predicted octanol–water partition coefficient (Wildman–Crippen LogP) is 5.03. The molecule has 0 aliphatic heterocycles. The van der Waals surface area contributed by atoms with Gasteiger partial charge >= 0.3 is 0 Å². The third-order valence-corrected chi connectivity index (χ3v) is 6.72. The minimum atomic E-state index is 0.644. The summed E-state index contributed by atoms with van der Waals surface area (Å²) in [6.45, 7) is 2.86. The summed E-state index contributed by atoms with van der Waals surface area (Å²) in [6.07, 6.45) is 12.9. The SMILES string of the molecule is CCCCc1nc(CC2CCCCC2)nn1Cc1ccc(-c2ccccc2-c2nnn[nH]2)cn1. The average molecular weight is 457 g/mol. The van der Waals surface area contributed by atoms with Gasteiger partial charge < -0.3 is 0 Å². The molecule has 8 nitrogen and oxygen atoms in total. The third-order valence-electron chi connectivity index (χ3n) is 6.72. The van der Waals surface area contributed by atoms with Gasteiger partial charge in [0.15, 0.2) is 11.6 Å². The topological polar surface area (TPSA) is 98.1 Å². The standard InChI is InChI=1S/C26H32N8/c1-2-3-13-25-28-24(16-19-9-5-4-6-10-19)31-34(25)18-21-15-14-20(17-27-21)22-11-7-8-12-23(22)26-29-32-33-30-26/h7-8,11-12,14-15,17,19H,2-6,9-10,13,16,18H2,1H3,(H,29,30,32,33). The number of aromatic amines is 1. The van der Waals surface area contributed by atoms with Crippen LogP contribution in [-0.4, -0.2) is 40.4 Å². The quantitative estimate of drug-likeness (QED) is 0.379. The van der Waals surface area contributed by atoms with Crippen LogP contribution in [-0.2, 0) is 19.4 Å². The highest BCUT2D eigenvalue weighted by atomic mass is 15.5. The van der Waals surface area contributed by atoms with Crippen molar-refractivity contribution in [2.45, 2.75) is 71.3 Å². The Bertz CT molecular complexity index is 1170. The Balaban J connectivity index is 1.34. The van der Waals surface area contributed by atoms with Crippen LogP contribution in [0.3, 0.4) is 0 Å². The normalized spacial score (nSPS) is 14.5. The number of benzene rings is 1. The Hall–Kier alpha value is -3.42. The van der Waals surface area contributed by atoms with Gasteiger partial charge in [-0.3, -0.25) is 4.98 Å². The minimum Gasteiger partial charge on any atom is -0.259 e. The molecule has 0 saturated heterocycles. The van der Waals surface area contributed by atoms with Crippen molar-refractivity contribution in [1.82, 2.24) is 40.4 Å². The maximum Gasteiger partial charge on any atom is 0.180 e. The van der Waals surface area contributed by atoms with E-state index in [-0.39, 0.29) is 0 Å². The molecule has 8 heteroatoms. The number of aromatic nitrogens is 8. The number of hydrogen-bond acceptors (Lipinski definition) is 6. The van der Waals surface area contributed by atoms with Gasteiger partial charge in [-0.15, -0.1) is 5.10 Å². The summed E-state index contributed by atoms with van der Waals surface area (Å²) in [5.41, 5.74) is 4.00. The van der Waals surface area contributed by atoms with Crippen molar-refractivity contribution >= 4 is 0 Å². The van der Waals surface area contributed by atoms with E-state index < -0.39 is 0 Å². The first kappa shape index (κ1) is 22.4. The Kier molecular flexibility index (Phi) is 7.02. The first-order valence-corrected chi connectivity index (χ1v) is 12.5. The van der Waals surface area contributed by atoms with E-state index in [1.807, 2.05) is 24.4 Å². The van der Waals surface area contributed by atoms with Crippen LogP contribution < -0.4 is 0 Å². The van der Waals surface area contributed by atoms with Gasteiger partial charge in [-0.05, 0) is 34.4 Å². The molecular formula is C26H32N8. The molecule has 0 bridgehead atoms. The molecule has 0 amide bonds. The van der Waals surface area contributed by atoms with E-state index in [0.29, 0.717) is 12.4 Å². The zero-order valence-electron chi connectivity index (χ0n) is 19.8. The lowest BCUT2D eigenvalue weighted by Gasteiger charge is -2.19. The molecule has 3 heterocycles. The van der Waals surface area contributed by atoms with Crippen LogP contribution in [0.5, 0.6) is 0 Å². The van der Waals surface area contributed by atoms with Gasteiger partial charge in [0.1, 0.15) is 5.82 Å². The Morgan fingerprint density at radius 1 is 1.03 bits per heavy atom. The van der Waals surface area contributed by atoms with E-state index in [1.165, 1.54) is 32.1 Å². The molecule has 0 atom stereocenters. The van der Waals surface area contributed by atoms with Gasteiger partial charge in [0, 0.05) is 30.2 Å². The van der Waals surface area contributed by atoms with Crippen molar-refractivity contribution in [1.29, 1.82) is 0 Å². The largest absolute Gasteiger partial charge is 0.259 e. The Morgan fingerprint density at radius 2 is 1.88 bits per heavy atom. The fourth-order valence-corrected chi connectivity index (χ4v) is 4.85. The number of rotatable bonds is 9. The van der Waals surface area contributed by atoms with Gasteiger partial charge in [-0.2, -0.15) is 5.10 Å². The number of H-pyrrole nitrogens is 1. The van der Waals surface area contributed by atoms with E-state index in [9.17, 15) is 0 Å². The van der Waals surface area contributed by atoms with Gasteiger partial charge in [-0.1, -0.05) is 75.8 Å². The van der Waals surface area contributed by atoms with E-state index in [2.05, 4.69) is 50.4 Å². The smallest absolute Gasteiger partial charge is 0.180 e. The number of pyridine rings is 1. The lowest BCUT2D eigenvalue weighted by atomic mass is 9.87. The lowest BCUT2D eigenvalue weighted by molar-refractivity contribution is 0.351. The van der Waals surface area contributed by atoms with Gasteiger partial charge in [0.25, 0.3) is 0 Å². The van der Waals surface area contributed by atoms with Crippen LogP contribution in [0.15, 0.2) is 42.6 Å². The summed E-state index contributed by atoms with van der Waals surface area (Å²) in [6, 6.07) is 12.3. The number of tetrazole rings is 1. The number of hydrogen-bond donors (Lipinski definition) is 1. The summed E-state index contributed by atoms with van der Waals surface area (Å²) in [4.78, 5) is 9.71. The van der Waals surface area contributed by atoms with Crippen molar-refractivity contribution in [2.75, 3.05) is 0 Å². The molecule has 0 unspecified atom stereocenters. The monoisotopic (exact) mass is 456 g/mol. The fraction of sp³-hybridized carbons (Fsp3) is 0.462. The molecule has 1 aliphatic rings. The van der Waals surface area contributed by atoms with Crippen molar-refractivity contribution in [2.24, 2.45) is 5.92 Å². The van der Waals surface area contributed by atoms with Crippen LogP contribution in [0, 0.1) is 5.92 Å². The van der Waals surface area contributed by atoms with Crippen molar-refractivity contribution in [3.05, 3.63) is 59.9 Å². The average Bonchev–Trinajstić information content (AvgIpc) is 3.54. The second-order valence-corrected chi connectivity index (χ2v) is 9.25. The molecule has 176 valence electrons. The summed E-state index contributed by atoms with van der Waals surface area (Å²) >= 11 is 0. The summed E-state index contributed by atoms with van der Waals surface area (Å²) in [7, 11) is 0. The van der Waals surface area contributed by atoms with E-state index in [4.69, 9.17) is 15.1 Å². The number of unbranched alkanes of at least 4 members (excludes halogenated alkanes) is 1. The van der Waals surface area contributed by atoms with Crippen LogP contribution >= 0.6 is 0 Å². The molecule has 4 aromatic rings. The molecule has 5 rings (SSSR count). The first-order valence-electron chi connectivity index (χ1n) is 12.5. The molecule has 3 aromatic heterocycles. The number of aryl methyl sites for hydroxylation is 1. The van der Waals surface area contributed by atoms with E-state index in [1.54, 1.807) is 0 Å². The number of nitrogens with one attached hydrogen (secondary N) is 1. The highest BCUT2D eigenvalue weighted by Crippen LogP contribution is 2.29. The van der Waals surface area contributed by atoms with E-state index >= 15 is 0 Å². The molecule has 1 aliphatic carbocycles. The maximum atomic E-state index is 4.95. The van der Waals surface area contributed by atoms with Crippen molar-refractivity contribution in [3.8, 4) is 22.5 Å². The zero-order valence-corrected chi connectivity index (χ0v) is 19.8. The summed E-state index contributed by atoms with van der Waals surface area (Å²) in [5, 5.41) is 19.3. The van der Waals surface area contributed by atoms with Gasteiger partial charge in [0.05, 0.1) is 12.2 Å². The molecule has 0 radical (unpaired) electrons. The van der Waals surface area contributed by atoms with Crippen LogP contribution in [0.25, 0.3) is 22.5 Å². The van der Waals surface area contributed by atoms with Gasteiger partial charge in [0.2, 0.25) is 0 Å². The second kappa shape index (κ2) is 10.7. The fourth-order valence-electron chi connectivity index (χ4n) is 4.85. The molecule has 34 heavy (non-hydrogen) atoms. The highest BCUT2D eigenvalue weighted by molar-refractivity contribution is 5.79. The molecule has 1 fully saturated rings. The zero-order chi connectivity index (χ0) is 23.2. The predicted molar refractivity (Wildman–Crippen MR) is 131 cm³/mol. The first-order chi connectivity index (χ1) is 16.8. The Morgan fingerprint density at radius 3 is 2.62 bits per heavy atom. The molecular weight excluding hydrogens is 424 g/mol. The molecule has 1 N–H and O–H groups in total. The van der Waals surface area contributed by atoms with Gasteiger partial charge in [-0.25, -0.2) is 14.8 Å². The summed E-state index contributed by atoms with van der Waals surface area (Å²) < 4.78 is 2.07. The Labute approximate surface area is 200 Å². The van der Waals surface area contributed by atoms with Crippen LogP contribution in [0.2, 0.25) is 0 Å². The van der Waals surface area contributed by atoms with Crippen molar-refractivity contribution in [3.63, 3.8) is 0 Å². The van der Waals surface area contributed by atoms with Crippen LogP contribution in [0.4, 0.5) is 0 Å². The molecule has 1 saturated carbocycles. The minimum absolute atomic E-state index is 0.644. The third kappa shape index (κ3) is 5.21. The number of nitrogens with zero attached hydrogens (tertiary/aromatic N) is 7. The highest BCUT2D eigenvalue weighted by Gasteiger charge is 2.18. The van der Waals surface area contributed by atoms with Crippen molar-refractivity contribution < 1.29 is 0 Å². The van der Waals surface area contributed by atoms with E-state index in [0.717, 1.165) is 65.6 Å². The molecule has 0 spiro atoms. The summed E-state index contributed by atoms with van der Waals surface area (Å²) in [5.74, 6) is 3.47.